The number of aryl methyl sites for hydroxylation is 1. The highest BCUT2D eigenvalue weighted by molar-refractivity contribution is 5.89. The van der Waals surface area contributed by atoms with E-state index in [-0.39, 0.29) is 5.91 Å². The van der Waals surface area contributed by atoms with Crippen LogP contribution in [0.25, 0.3) is 0 Å². The van der Waals surface area contributed by atoms with E-state index in [9.17, 15) is 4.79 Å². The minimum Gasteiger partial charge on any atom is -0.370 e. The highest BCUT2D eigenvalue weighted by Gasteiger charge is 2.50. The number of benzene rings is 1. The second-order valence-electron chi connectivity index (χ2n) is 6.39. The molecule has 1 amide bonds. The number of hydrogen-bond acceptors (Lipinski definition) is 3. The number of rotatable bonds is 4. The van der Waals surface area contributed by atoms with Gasteiger partial charge in [-0.15, -0.1) is 0 Å². The monoisotopic (exact) mass is 273 g/mol. The Hall–Kier alpha value is -1.55. The van der Waals surface area contributed by atoms with Gasteiger partial charge in [0.05, 0.1) is 0 Å². The first-order chi connectivity index (χ1) is 9.50. The van der Waals surface area contributed by atoms with Gasteiger partial charge >= 0.3 is 0 Å². The van der Waals surface area contributed by atoms with Crippen LogP contribution < -0.4 is 11.1 Å². The van der Waals surface area contributed by atoms with Crippen LogP contribution in [0.2, 0.25) is 0 Å². The van der Waals surface area contributed by atoms with E-state index in [0.717, 1.165) is 18.7 Å². The average molecular weight is 273 g/mol. The summed E-state index contributed by atoms with van der Waals surface area (Å²) in [6, 6.07) is 9.20. The summed E-state index contributed by atoms with van der Waals surface area (Å²) < 4.78 is 0. The molecule has 1 aliphatic carbocycles. The Labute approximate surface area is 120 Å². The normalized spacial score (nSPS) is 30.4. The van der Waals surface area contributed by atoms with Crippen molar-refractivity contribution in [2.24, 2.45) is 5.73 Å². The number of nitrogens with two attached hydrogens (primary N) is 1. The van der Waals surface area contributed by atoms with Gasteiger partial charge in [0.1, 0.15) is 5.54 Å². The third-order valence-corrected chi connectivity index (χ3v) is 4.59. The molecule has 0 bridgehead atoms. The number of likely N-dealkylation sites (tertiary alicyclic amines) is 1. The van der Waals surface area contributed by atoms with Crippen LogP contribution in [0, 0.1) is 6.92 Å². The van der Waals surface area contributed by atoms with E-state index in [4.69, 9.17) is 5.73 Å². The topological polar surface area (TPSA) is 58.4 Å². The summed E-state index contributed by atoms with van der Waals surface area (Å²) in [4.78, 5) is 14.5. The van der Waals surface area contributed by atoms with Gasteiger partial charge in [0.15, 0.2) is 0 Å². The third kappa shape index (κ3) is 2.40. The second-order valence-corrected chi connectivity index (χ2v) is 6.39. The maximum atomic E-state index is 12.1. The van der Waals surface area contributed by atoms with Gasteiger partial charge in [-0.1, -0.05) is 17.7 Å². The van der Waals surface area contributed by atoms with Crippen LogP contribution in [0.15, 0.2) is 24.3 Å². The maximum absolute atomic E-state index is 12.1. The fraction of sp³-hybridized carbons (Fsp3) is 0.562. The van der Waals surface area contributed by atoms with Crippen LogP contribution in [0.3, 0.4) is 0 Å². The molecule has 20 heavy (non-hydrogen) atoms. The maximum Gasteiger partial charge on any atom is 0.244 e. The quantitative estimate of drug-likeness (QED) is 0.880. The van der Waals surface area contributed by atoms with Gasteiger partial charge < -0.3 is 11.1 Å². The van der Waals surface area contributed by atoms with Crippen molar-refractivity contribution in [3.8, 4) is 0 Å². The van der Waals surface area contributed by atoms with Crippen molar-refractivity contribution in [2.45, 2.75) is 50.7 Å². The van der Waals surface area contributed by atoms with E-state index in [2.05, 4.69) is 24.1 Å². The minimum absolute atomic E-state index is 0.243. The van der Waals surface area contributed by atoms with Crippen molar-refractivity contribution in [3.05, 3.63) is 29.8 Å². The molecule has 2 aliphatic rings. The zero-order chi connectivity index (χ0) is 14.3. The molecule has 4 heteroatoms. The second kappa shape index (κ2) is 4.77. The van der Waals surface area contributed by atoms with Crippen LogP contribution in [-0.4, -0.2) is 35.0 Å². The molecule has 0 aromatic heterocycles. The molecule has 1 aromatic carbocycles. The first kappa shape index (κ1) is 13.4. The first-order valence-corrected chi connectivity index (χ1v) is 7.41. The molecule has 4 nitrogen and oxygen atoms in total. The van der Waals surface area contributed by atoms with E-state index < -0.39 is 5.54 Å². The summed E-state index contributed by atoms with van der Waals surface area (Å²) in [5.41, 5.74) is 7.28. The number of nitrogens with zero attached hydrogens (tertiary/aromatic N) is 1. The van der Waals surface area contributed by atoms with E-state index in [1.165, 1.54) is 18.4 Å². The van der Waals surface area contributed by atoms with Gasteiger partial charge in [-0.2, -0.15) is 0 Å². The standard InChI is InChI=1S/C16H23N3O/c1-11-3-5-13(6-4-11)18-16(15(17)20)9-12(2)19(10-16)14-7-8-14/h3-6,12,14,18H,7-10H2,1-2H3,(H2,17,20). The zero-order valence-electron chi connectivity index (χ0n) is 12.2. The molecule has 3 N–H and O–H groups in total. The molecular weight excluding hydrogens is 250 g/mol. The van der Waals surface area contributed by atoms with Crippen molar-refractivity contribution in [3.63, 3.8) is 0 Å². The highest BCUT2D eigenvalue weighted by Crippen LogP contribution is 2.38. The molecule has 0 radical (unpaired) electrons. The summed E-state index contributed by atoms with van der Waals surface area (Å²) in [5, 5.41) is 3.41. The number of carbonyl (C=O) groups excluding carboxylic acids is 1. The summed E-state index contributed by atoms with van der Waals surface area (Å²) in [5.74, 6) is -0.243. The fourth-order valence-corrected chi connectivity index (χ4v) is 3.29. The molecule has 1 heterocycles. The molecule has 0 spiro atoms. The molecule has 1 saturated carbocycles. The zero-order valence-corrected chi connectivity index (χ0v) is 12.2. The highest BCUT2D eigenvalue weighted by atomic mass is 16.1. The molecule has 108 valence electrons. The predicted molar refractivity (Wildman–Crippen MR) is 80.5 cm³/mol. The Morgan fingerprint density at radius 3 is 2.55 bits per heavy atom. The summed E-state index contributed by atoms with van der Waals surface area (Å²) in [7, 11) is 0. The first-order valence-electron chi connectivity index (χ1n) is 7.41. The lowest BCUT2D eigenvalue weighted by atomic mass is 9.95. The van der Waals surface area contributed by atoms with Crippen LogP contribution in [-0.2, 0) is 4.79 Å². The number of primary amides is 1. The SMILES string of the molecule is Cc1ccc(NC2(C(N)=O)CC(C)N(C3CC3)C2)cc1. The summed E-state index contributed by atoms with van der Waals surface area (Å²) in [6.45, 7) is 4.97. The Morgan fingerprint density at radius 1 is 1.35 bits per heavy atom. The number of amides is 1. The Morgan fingerprint density at radius 2 is 2.00 bits per heavy atom. The van der Waals surface area contributed by atoms with Crippen LogP contribution in [0.1, 0.15) is 31.7 Å². The molecule has 1 aromatic rings. The number of nitrogens with one attached hydrogen (secondary N) is 1. The summed E-state index contributed by atoms with van der Waals surface area (Å²) in [6.07, 6.45) is 3.29. The van der Waals surface area contributed by atoms with Gasteiger partial charge in [0, 0.05) is 24.3 Å². The Balaban J connectivity index is 1.82. The molecular formula is C16H23N3O. The van der Waals surface area contributed by atoms with Crippen LogP contribution >= 0.6 is 0 Å². The fourth-order valence-electron chi connectivity index (χ4n) is 3.29. The average Bonchev–Trinajstić information content (AvgIpc) is 3.18. The van der Waals surface area contributed by atoms with Gasteiger partial charge in [-0.3, -0.25) is 9.69 Å². The van der Waals surface area contributed by atoms with E-state index in [1.807, 2.05) is 24.3 Å². The number of hydrogen-bond donors (Lipinski definition) is 2. The van der Waals surface area contributed by atoms with E-state index in [0.29, 0.717) is 12.1 Å². The van der Waals surface area contributed by atoms with Crippen LogP contribution in [0.5, 0.6) is 0 Å². The third-order valence-electron chi connectivity index (χ3n) is 4.59. The van der Waals surface area contributed by atoms with E-state index >= 15 is 0 Å². The number of anilines is 1. The Bertz CT molecular complexity index is 509. The van der Waals surface area contributed by atoms with E-state index in [1.54, 1.807) is 0 Å². The number of carbonyl (C=O) groups is 1. The van der Waals surface area contributed by atoms with Crippen molar-refractivity contribution in [1.29, 1.82) is 0 Å². The van der Waals surface area contributed by atoms with Crippen molar-refractivity contribution in [1.82, 2.24) is 4.90 Å². The molecule has 2 atom stereocenters. The lowest BCUT2D eigenvalue weighted by Crippen LogP contribution is -2.52. The van der Waals surface area contributed by atoms with Gasteiger partial charge in [-0.05, 0) is 45.2 Å². The minimum atomic E-state index is -0.628. The van der Waals surface area contributed by atoms with Crippen molar-refractivity contribution < 1.29 is 4.79 Å². The lowest BCUT2D eigenvalue weighted by Gasteiger charge is -2.28. The molecule has 3 rings (SSSR count). The molecule has 1 aliphatic heterocycles. The molecule has 2 unspecified atom stereocenters. The predicted octanol–water partition coefficient (Wildman–Crippen LogP) is 1.89. The summed E-state index contributed by atoms with van der Waals surface area (Å²) >= 11 is 0. The molecule has 2 fully saturated rings. The Kier molecular flexibility index (Phi) is 3.21. The van der Waals surface area contributed by atoms with Crippen LogP contribution in [0.4, 0.5) is 5.69 Å². The smallest absolute Gasteiger partial charge is 0.244 e. The largest absolute Gasteiger partial charge is 0.370 e. The lowest BCUT2D eigenvalue weighted by molar-refractivity contribution is -0.121. The van der Waals surface area contributed by atoms with Crippen molar-refractivity contribution in [2.75, 3.05) is 11.9 Å². The van der Waals surface area contributed by atoms with Crippen molar-refractivity contribution >= 4 is 11.6 Å². The molecule has 1 saturated heterocycles. The van der Waals surface area contributed by atoms with Gasteiger partial charge in [-0.25, -0.2) is 0 Å². The van der Waals surface area contributed by atoms with Gasteiger partial charge in [0.25, 0.3) is 0 Å². The van der Waals surface area contributed by atoms with Gasteiger partial charge in [0.2, 0.25) is 5.91 Å².